The molecular weight excluding hydrogens is 150 g/mol. The predicted octanol–water partition coefficient (Wildman–Crippen LogP) is -0.435. The van der Waals surface area contributed by atoms with E-state index in [2.05, 4.69) is 4.98 Å². The second-order valence-electron chi connectivity index (χ2n) is 2.13. The van der Waals surface area contributed by atoms with Crippen LogP contribution >= 0.6 is 0 Å². The Balaban J connectivity index is 3.12. The van der Waals surface area contributed by atoms with Gasteiger partial charge in [-0.2, -0.15) is 4.98 Å². The second kappa shape index (κ2) is 1.66. The van der Waals surface area contributed by atoms with Crippen LogP contribution < -0.4 is 5.69 Å². The van der Waals surface area contributed by atoms with Gasteiger partial charge >= 0.3 is 5.69 Å². The number of rotatable bonds is 0. The maximum Gasteiger partial charge on any atom is 0.365 e. The highest BCUT2D eigenvalue weighted by molar-refractivity contribution is 5.63. The molecular formula is C5H5N3O3. The first-order valence-corrected chi connectivity index (χ1v) is 2.92. The van der Waals surface area contributed by atoms with Crippen molar-refractivity contribution < 1.29 is 9.62 Å². The molecule has 0 aliphatic heterocycles. The first-order valence-electron chi connectivity index (χ1n) is 2.92. The van der Waals surface area contributed by atoms with Crippen molar-refractivity contribution in [2.75, 3.05) is 0 Å². The Hall–Kier alpha value is -1.72. The summed E-state index contributed by atoms with van der Waals surface area (Å²) in [6, 6.07) is 0. The molecule has 0 saturated carbocycles. The van der Waals surface area contributed by atoms with Gasteiger partial charge in [-0.25, -0.2) is 4.79 Å². The van der Waals surface area contributed by atoms with Crippen LogP contribution in [0.15, 0.2) is 15.6 Å². The fourth-order valence-electron chi connectivity index (χ4n) is 0.928. The van der Waals surface area contributed by atoms with E-state index >= 15 is 0 Å². The lowest BCUT2D eigenvalue weighted by molar-refractivity contribution is 0.174. The molecule has 0 unspecified atom stereocenters. The average molecular weight is 155 g/mol. The minimum absolute atomic E-state index is 0.0671. The lowest BCUT2D eigenvalue weighted by atomic mass is 10.8. The maximum atomic E-state index is 10.9. The molecule has 2 heterocycles. The number of oxazole rings is 1. The van der Waals surface area contributed by atoms with Crippen molar-refractivity contribution in [3.05, 3.63) is 16.9 Å². The van der Waals surface area contributed by atoms with E-state index in [-0.39, 0.29) is 5.71 Å². The third-order valence-electron chi connectivity index (χ3n) is 1.51. The molecule has 0 atom stereocenters. The summed E-state index contributed by atoms with van der Waals surface area (Å²) in [5.74, 6) is 0. The van der Waals surface area contributed by atoms with Crippen molar-refractivity contribution in [1.29, 1.82) is 0 Å². The van der Waals surface area contributed by atoms with Crippen molar-refractivity contribution in [3.63, 3.8) is 0 Å². The summed E-state index contributed by atoms with van der Waals surface area (Å²) >= 11 is 0. The van der Waals surface area contributed by atoms with Crippen LogP contribution in [0.2, 0.25) is 0 Å². The van der Waals surface area contributed by atoms with Gasteiger partial charge in [0.05, 0.1) is 0 Å². The topological polar surface area (TPSA) is 73.2 Å². The highest BCUT2D eigenvalue weighted by Crippen LogP contribution is 2.06. The van der Waals surface area contributed by atoms with Gasteiger partial charge in [-0.1, -0.05) is 4.73 Å². The predicted molar refractivity (Wildman–Crippen MR) is 34.4 cm³/mol. The Morgan fingerprint density at radius 2 is 2.45 bits per heavy atom. The van der Waals surface area contributed by atoms with E-state index in [1.807, 2.05) is 0 Å². The number of hydrogen-bond acceptors (Lipinski definition) is 4. The normalized spacial score (nSPS) is 11.0. The number of fused-ring (bicyclic) bond motifs is 1. The Morgan fingerprint density at radius 1 is 1.73 bits per heavy atom. The van der Waals surface area contributed by atoms with Crippen LogP contribution in [0.1, 0.15) is 0 Å². The van der Waals surface area contributed by atoms with Crippen LogP contribution in [0.25, 0.3) is 11.4 Å². The molecule has 2 aromatic rings. The van der Waals surface area contributed by atoms with Crippen molar-refractivity contribution in [1.82, 2.24) is 14.3 Å². The Kier molecular flexibility index (Phi) is 0.906. The first-order chi connectivity index (χ1) is 5.22. The monoisotopic (exact) mass is 155 g/mol. The molecule has 0 aliphatic carbocycles. The lowest BCUT2D eigenvalue weighted by Gasteiger charge is -1.83. The summed E-state index contributed by atoms with van der Waals surface area (Å²) in [5, 5.41) is 9.02. The van der Waals surface area contributed by atoms with E-state index in [1.54, 1.807) is 0 Å². The molecule has 0 bridgehead atoms. The molecule has 0 aromatic carbocycles. The summed E-state index contributed by atoms with van der Waals surface area (Å²) in [4.78, 5) is 14.6. The molecule has 0 radical (unpaired) electrons. The molecule has 6 nitrogen and oxygen atoms in total. The van der Waals surface area contributed by atoms with Crippen LogP contribution in [0.4, 0.5) is 0 Å². The largest absolute Gasteiger partial charge is 0.423 e. The fraction of sp³-hybridized carbons (Fsp3) is 0.200. The number of nitrogens with zero attached hydrogens (tertiary/aromatic N) is 3. The van der Waals surface area contributed by atoms with Gasteiger partial charge in [0.25, 0.3) is 5.71 Å². The molecule has 2 rings (SSSR count). The number of hydrogen-bond donors (Lipinski definition) is 1. The third kappa shape index (κ3) is 0.554. The fourth-order valence-corrected chi connectivity index (χ4v) is 0.928. The zero-order chi connectivity index (χ0) is 8.01. The molecule has 0 fully saturated rings. The quantitative estimate of drug-likeness (QED) is 0.523. The number of aromatic nitrogens is 3. The van der Waals surface area contributed by atoms with Gasteiger partial charge < -0.3 is 9.62 Å². The molecule has 0 spiro atoms. The Morgan fingerprint density at radius 3 is 3.09 bits per heavy atom. The standard InChI is InChI=1S/C5H5N3O3/c1-7-3-4(11-2-6-3)8(10)5(7)9/h2,10H,1H3. The van der Waals surface area contributed by atoms with Gasteiger partial charge in [0.1, 0.15) is 0 Å². The highest BCUT2D eigenvalue weighted by atomic mass is 16.5. The Labute approximate surface area is 60.3 Å². The molecule has 58 valence electrons. The van der Waals surface area contributed by atoms with Crippen LogP contribution in [-0.2, 0) is 7.05 Å². The van der Waals surface area contributed by atoms with Crippen LogP contribution in [0.5, 0.6) is 0 Å². The van der Waals surface area contributed by atoms with Gasteiger partial charge in [-0.05, 0) is 0 Å². The summed E-state index contributed by atoms with van der Waals surface area (Å²) in [5.41, 5.74) is -0.165. The van der Waals surface area contributed by atoms with Crippen LogP contribution in [0.3, 0.4) is 0 Å². The maximum absolute atomic E-state index is 10.9. The SMILES string of the molecule is Cn1c(=O)n(O)c2ocnc21. The van der Waals surface area contributed by atoms with E-state index in [9.17, 15) is 4.79 Å². The van der Waals surface area contributed by atoms with E-state index < -0.39 is 5.69 Å². The van der Waals surface area contributed by atoms with Crippen molar-refractivity contribution in [3.8, 4) is 0 Å². The minimum atomic E-state index is -0.563. The van der Waals surface area contributed by atoms with Gasteiger partial charge in [0, 0.05) is 7.05 Å². The average Bonchev–Trinajstić information content (AvgIpc) is 2.53. The lowest BCUT2D eigenvalue weighted by Crippen LogP contribution is -2.20. The molecule has 6 heteroatoms. The summed E-state index contributed by atoms with van der Waals surface area (Å²) in [7, 11) is 1.50. The Bertz CT molecular complexity index is 411. The first kappa shape index (κ1) is 6.02. The molecule has 1 N–H and O–H groups in total. The smallest absolute Gasteiger partial charge is 0.365 e. The van der Waals surface area contributed by atoms with Gasteiger partial charge in [0.2, 0.25) is 5.65 Å². The van der Waals surface area contributed by atoms with E-state index in [1.165, 1.54) is 11.6 Å². The zero-order valence-corrected chi connectivity index (χ0v) is 5.68. The molecule has 0 saturated heterocycles. The zero-order valence-electron chi connectivity index (χ0n) is 5.68. The van der Waals surface area contributed by atoms with E-state index in [4.69, 9.17) is 9.62 Å². The number of aryl methyl sites for hydroxylation is 1. The number of imidazole rings is 1. The van der Waals surface area contributed by atoms with Crippen molar-refractivity contribution >= 4 is 11.4 Å². The molecule has 0 aliphatic rings. The second-order valence-corrected chi connectivity index (χ2v) is 2.13. The molecule has 2 aromatic heterocycles. The third-order valence-corrected chi connectivity index (χ3v) is 1.51. The summed E-state index contributed by atoms with van der Waals surface area (Å²) in [6.45, 7) is 0. The van der Waals surface area contributed by atoms with Crippen molar-refractivity contribution in [2.24, 2.45) is 7.05 Å². The summed E-state index contributed by atoms with van der Waals surface area (Å²) in [6.07, 6.45) is 1.16. The van der Waals surface area contributed by atoms with Crippen molar-refractivity contribution in [2.45, 2.75) is 0 Å². The van der Waals surface area contributed by atoms with Gasteiger partial charge in [-0.3, -0.25) is 4.57 Å². The molecule has 0 amide bonds. The van der Waals surface area contributed by atoms with Crippen LogP contribution in [0, 0.1) is 0 Å². The molecule has 11 heavy (non-hydrogen) atoms. The summed E-state index contributed by atoms with van der Waals surface area (Å²) < 4.78 is 6.34. The van der Waals surface area contributed by atoms with E-state index in [0.29, 0.717) is 10.4 Å². The highest BCUT2D eigenvalue weighted by Gasteiger charge is 2.12. The van der Waals surface area contributed by atoms with E-state index in [0.717, 1.165) is 6.39 Å². The van der Waals surface area contributed by atoms with Crippen LogP contribution in [-0.4, -0.2) is 19.5 Å². The minimum Gasteiger partial charge on any atom is -0.423 e. The van der Waals surface area contributed by atoms with Gasteiger partial charge in [0.15, 0.2) is 6.39 Å². The van der Waals surface area contributed by atoms with Gasteiger partial charge in [-0.15, -0.1) is 0 Å².